The molecule has 2 aromatic carbocycles. The van der Waals surface area contributed by atoms with Gasteiger partial charge in [0.2, 0.25) is 0 Å². The molecule has 3 nitrogen and oxygen atoms in total. The summed E-state index contributed by atoms with van der Waals surface area (Å²) in [6, 6.07) is 16.1. The van der Waals surface area contributed by atoms with Gasteiger partial charge in [-0.1, -0.05) is 26.0 Å². The topological polar surface area (TPSA) is 30.5 Å². The molecule has 0 aliphatic carbocycles. The maximum atomic E-state index is 5.67. The van der Waals surface area contributed by atoms with Crippen molar-refractivity contribution in [2.45, 2.75) is 20.4 Å². The Bertz CT molecular complexity index is 532. The second-order valence-corrected chi connectivity index (χ2v) is 5.43. The van der Waals surface area contributed by atoms with E-state index in [-0.39, 0.29) is 0 Å². The third kappa shape index (κ3) is 5.03. The van der Waals surface area contributed by atoms with Gasteiger partial charge in [-0.25, -0.2) is 0 Å². The van der Waals surface area contributed by atoms with Crippen LogP contribution in [0.3, 0.4) is 0 Å². The van der Waals surface area contributed by atoms with Gasteiger partial charge in [-0.15, -0.1) is 0 Å². The zero-order valence-electron chi connectivity index (χ0n) is 12.9. The first-order chi connectivity index (χ1) is 10.2. The SMILES string of the molecule is COc1ccc(CNc2ccc(OCC(C)C)cc2)cc1. The molecule has 0 saturated carbocycles. The highest BCUT2D eigenvalue weighted by Crippen LogP contribution is 2.18. The highest BCUT2D eigenvalue weighted by molar-refractivity contribution is 5.47. The van der Waals surface area contributed by atoms with Gasteiger partial charge in [0, 0.05) is 12.2 Å². The zero-order chi connectivity index (χ0) is 15.1. The van der Waals surface area contributed by atoms with Crippen LogP contribution in [-0.2, 0) is 6.54 Å². The van der Waals surface area contributed by atoms with Gasteiger partial charge in [-0.3, -0.25) is 0 Å². The van der Waals surface area contributed by atoms with E-state index in [9.17, 15) is 0 Å². The third-order valence-electron chi connectivity index (χ3n) is 3.09. The molecule has 0 spiro atoms. The molecule has 1 N–H and O–H groups in total. The van der Waals surface area contributed by atoms with Crippen LogP contribution in [0.25, 0.3) is 0 Å². The van der Waals surface area contributed by atoms with Crippen molar-refractivity contribution < 1.29 is 9.47 Å². The van der Waals surface area contributed by atoms with Crippen molar-refractivity contribution in [1.29, 1.82) is 0 Å². The van der Waals surface area contributed by atoms with E-state index in [0.717, 1.165) is 30.3 Å². The van der Waals surface area contributed by atoms with E-state index in [1.807, 2.05) is 36.4 Å². The third-order valence-corrected chi connectivity index (χ3v) is 3.09. The molecular formula is C18H23NO2. The standard InChI is InChI=1S/C18H23NO2/c1-14(2)13-21-18-10-6-16(7-11-18)19-12-15-4-8-17(20-3)9-5-15/h4-11,14,19H,12-13H2,1-3H3. The number of anilines is 1. The fourth-order valence-electron chi connectivity index (χ4n) is 1.88. The molecular weight excluding hydrogens is 262 g/mol. The molecule has 0 amide bonds. The quantitative estimate of drug-likeness (QED) is 0.820. The van der Waals surface area contributed by atoms with Crippen LogP contribution in [0.5, 0.6) is 11.5 Å². The molecule has 2 rings (SSSR count). The summed E-state index contributed by atoms with van der Waals surface area (Å²) < 4.78 is 10.8. The van der Waals surface area contributed by atoms with Crippen LogP contribution in [0, 0.1) is 5.92 Å². The molecule has 0 aliphatic rings. The summed E-state index contributed by atoms with van der Waals surface area (Å²) in [5.74, 6) is 2.34. The van der Waals surface area contributed by atoms with Gasteiger partial charge < -0.3 is 14.8 Å². The summed E-state index contributed by atoms with van der Waals surface area (Å²) in [7, 11) is 1.68. The highest BCUT2D eigenvalue weighted by atomic mass is 16.5. The molecule has 2 aromatic rings. The normalized spacial score (nSPS) is 10.5. The summed E-state index contributed by atoms with van der Waals surface area (Å²) in [5.41, 5.74) is 2.30. The maximum Gasteiger partial charge on any atom is 0.119 e. The Kier molecular flexibility index (Phi) is 5.50. The predicted molar refractivity (Wildman–Crippen MR) is 87.1 cm³/mol. The Morgan fingerprint density at radius 2 is 1.52 bits per heavy atom. The first-order valence-corrected chi connectivity index (χ1v) is 7.27. The van der Waals surface area contributed by atoms with Crippen LogP contribution in [-0.4, -0.2) is 13.7 Å². The largest absolute Gasteiger partial charge is 0.497 e. The van der Waals surface area contributed by atoms with Gasteiger partial charge in [0.05, 0.1) is 13.7 Å². The number of benzene rings is 2. The van der Waals surface area contributed by atoms with Crippen molar-refractivity contribution in [3.8, 4) is 11.5 Å². The molecule has 0 bridgehead atoms. The number of methoxy groups -OCH3 is 1. The summed E-state index contributed by atoms with van der Waals surface area (Å²) in [6.45, 7) is 5.82. The van der Waals surface area contributed by atoms with Crippen molar-refractivity contribution in [1.82, 2.24) is 0 Å². The zero-order valence-corrected chi connectivity index (χ0v) is 12.9. The van der Waals surface area contributed by atoms with Crippen LogP contribution < -0.4 is 14.8 Å². The first kappa shape index (κ1) is 15.2. The molecule has 21 heavy (non-hydrogen) atoms. The molecule has 0 aliphatic heterocycles. The second kappa shape index (κ2) is 7.58. The average molecular weight is 285 g/mol. The number of ether oxygens (including phenoxy) is 2. The van der Waals surface area contributed by atoms with Crippen molar-refractivity contribution >= 4 is 5.69 Å². The lowest BCUT2D eigenvalue weighted by atomic mass is 10.2. The van der Waals surface area contributed by atoms with Gasteiger partial charge in [0.1, 0.15) is 11.5 Å². The van der Waals surface area contributed by atoms with Crippen LogP contribution in [0.1, 0.15) is 19.4 Å². The van der Waals surface area contributed by atoms with E-state index in [4.69, 9.17) is 9.47 Å². The van der Waals surface area contributed by atoms with E-state index >= 15 is 0 Å². The van der Waals surface area contributed by atoms with Crippen LogP contribution in [0.2, 0.25) is 0 Å². The van der Waals surface area contributed by atoms with Crippen LogP contribution in [0.15, 0.2) is 48.5 Å². The fourth-order valence-corrected chi connectivity index (χ4v) is 1.88. The van der Waals surface area contributed by atoms with Crippen molar-refractivity contribution in [2.24, 2.45) is 5.92 Å². The van der Waals surface area contributed by atoms with Gasteiger partial charge in [-0.2, -0.15) is 0 Å². The lowest BCUT2D eigenvalue weighted by Gasteiger charge is -2.10. The Morgan fingerprint density at radius 1 is 0.905 bits per heavy atom. The molecule has 0 aromatic heterocycles. The summed E-state index contributed by atoms with van der Waals surface area (Å²) in [6.07, 6.45) is 0. The van der Waals surface area contributed by atoms with Crippen molar-refractivity contribution in [3.63, 3.8) is 0 Å². The van der Waals surface area contributed by atoms with Crippen molar-refractivity contribution in [2.75, 3.05) is 19.0 Å². The number of nitrogens with one attached hydrogen (secondary N) is 1. The Balaban J connectivity index is 1.85. The summed E-state index contributed by atoms with van der Waals surface area (Å²) in [5, 5.41) is 3.39. The molecule has 3 heteroatoms. The number of hydrogen-bond acceptors (Lipinski definition) is 3. The molecule has 0 fully saturated rings. The van der Waals surface area contributed by atoms with E-state index in [2.05, 4.69) is 31.3 Å². The van der Waals surface area contributed by atoms with Crippen molar-refractivity contribution in [3.05, 3.63) is 54.1 Å². The second-order valence-electron chi connectivity index (χ2n) is 5.43. The van der Waals surface area contributed by atoms with Crippen LogP contribution in [0.4, 0.5) is 5.69 Å². The summed E-state index contributed by atoms with van der Waals surface area (Å²) in [4.78, 5) is 0. The Morgan fingerprint density at radius 3 is 2.10 bits per heavy atom. The molecule has 0 atom stereocenters. The minimum atomic E-state index is 0.540. The smallest absolute Gasteiger partial charge is 0.119 e. The molecule has 0 radical (unpaired) electrons. The lowest BCUT2D eigenvalue weighted by molar-refractivity contribution is 0.271. The molecule has 0 heterocycles. The van der Waals surface area contributed by atoms with Gasteiger partial charge in [0.15, 0.2) is 0 Å². The van der Waals surface area contributed by atoms with E-state index < -0.39 is 0 Å². The lowest BCUT2D eigenvalue weighted by Crippen LogP contribution is -2.04. The minimum absolute atomic E-state index is 0.540. The molecule has 0 unspecified atom stereocenters. The number of hydrogen-bond donors (Lipinski definition) is 1. The number of rotatable bonds is 7. The van der Waals surface area contributed by atoms with E-state index in [0.29, 0.717) is 5.92 Å². The fraction of sp³-hybridized carbons (Fsp3) is 0.333. The predicted octanol–water partition coefficient (Wildman–Crippen LogP) is 4.34. The Labute approximate surface area is 126 Å². The minimum Gasteiger partial charge on any atom is -0.497 e. The maximum absolute atomic E-state index is 5.67. The van der Waals surface area contributed by atoms with Gasteiger partial charge in [0.25, 0.3) is 0 Å². The first-order valence-electron chi connectivity index (χ1n) is 7.27. The monoisotopic (exact) mass is 285 g/mol. The van der Waals surface area contributed by atoms with E-state index in [1.54, 1.807) is 7.11 Å². The highest BCUT2D eigenvalue weighted by Gasteiger charge is 1.99. The Hall–Kier alpha value is -2.16. The summed E-state index contributed by atoms with van der Waals surface area (Å²) >= 11 is 0. The van der Waals surface area contributed by atoms with Crippen LogP contribution >= 0.6 is 0 Å². The molecule has 0 saturated heterocycles. The molecule has 112 valence electrons. The van der Waals surface area contributed by atoms with Gasteiger partial charge in [-0.05, 0) is 47.9 Å². The van der Waals surface area contributed by atoms with Gasteiger partial charge >= 0.3 is 0 Å². The van der Waals surface area contributed by atoms with E-state index in [1.165, 1.54) is 5.56 Å². The average Bonchev–Trinajstić information content (AvgIpc) is 2.52.